The summed E-state index contributed by atoms with van der Waals surface area (Å²) in [5.41, 5.74) is 1.13. The van der Waals surface area contributed by atoms with Crippen LogP contribution in [-0.4, -0.2) is 34.4 Å². The molecule has 6 heteroatoms. The molecule has 5 aromatic rings. The number of methoxy groups -OCH3 is 4. The van der Waals surface area contributed by atoms with E-state index < -0.39 is 11.6 Å². The fourth-order valence-corrected chi connectivity index (χ4v) is 5.56. The normalized spacial score (nSPS) is 13.7. The van der Waals surface area contributed by atoms with E-state index in [-0.39, 0.29) is 0 Å². The second-order valence-electron chi connectivity index (χ2n) is 9.08. The van der Waals surface area contributed by atoms with E-state index >= 15 is 0 Å². The molecule has 1 heterocycles. The van der Waals surface area contributed by atoms with Gasteiger partial charge in [-0.3, -0.25) is 0 Å². The molecule has 0 unspecified atom stereocenters. The average molecular weight is 507 g/mol. The van der Waals surface area contributed by atoms with Crippen molar-refractivity contribution in [1.82, 2.24) is 0 Å². The van der Waals surface area contributed by atoms with Crippen molar-refractivity contribution in [2.75, 3.05) is 28.4 Å². The summed E-state index contributed by atoms with van der Waals surface area (Å²) >= 11 is 0. The van der Waals surface area contributed by atoms with E-state index in [1.807, 2.05) is 78.9 Å². The van der Waals surface area contributed by atoms with Crippen LogP contribution in [0.15, 0.2) is 84.9 Å². The molecular weight excluding hydrogens is 480 g/mol. The van der Waals surface area contributed by atoms with Gasteiger partial charge < -0.3 is 23.7 Å². The summed E-state index contributed by atoms with van der Waals surface area (Å²) in [4.78, 5) is 13.4. The minimum absolute atomic E-state index is 0.426. The maximum Gasteiger partial charge on any atom is 0.340 e. The van der Waals surface area contributed by atoms with Crippen LogP contribution in [0.25, 0.3) is 21.5 Å². The van der Waals surface area contributed by atoms with Gasteiger partial charge in [-0.25, -0.2) is 4.79 Å². The van der Waals surface area contributed by atoms with Crippen molar-refractivity contribution in [3.63, 3.8) is 0 Å². The summed E-state index contributed by atoms with van der Waals surface area (Å²) in [6.45, 7) is 0. The molecule has 0 aromatic heterocycles. The number of cyclic esters (lactones) is 1. The zero-order chi connectivity index (χ0) is 26.4. The highest BCUT2D eigenvalue weighted by Crippen LogP contribution is 2.54. The standard InChI is InChI=1S/C32H26O6/c1-34-27-13-7-9-19-15-29(36-3)25(17-22(19)27)32(24-12-6-5-11-21(24)31(33)38-32)26-18-23-20(16-30(26)37-4)10-8-14-28(23)35-2/h5-18H,1-4H3. The molecule has 0 saturated heterocycles. The van der Waals surface area contributed by atoms with Crippen LogP contribution in [0.2, 0.25) is 0 Å². The second-order valence-corrected chi connectivity index (χ2v) is 9.08. The Morgan fingerprint density at radius 2 is 1.05 bits per heavy atom. The predicted octanol–water partition coefficient (Wildman–Crippen LogP) is 6.49. The lowest BCUT2D eigenvalue weighted by molar-refractivity contribution is 0.0239. The molecule has 0 atom stereocenters. The van der Waals surface area contributed by atoms with Crippen LogP contribution < -0.4 is 18.9 Å². The van der Waals surface area contributed by atoms with Crippen molar-refractivity contribution in [1.29, 1.82) is 0 Å². The third-order valence-corrected chi connectivity index (χ3v) is 7.29. The van der Waals surface area contributed by atoms with Crippen molar-refractivity contribution >= 4 is 27.5 Å². The molecular formula is C32H26O6. The number of carbonyl (C=O) groups excluding carboxylic acids is 1. The van der Waals surface area contributed by atoms with Gasteiger partial charge in [0, 0.05) is 27.5 Å². The molecule has 0 saturated carbocycles. The quantitative estimate of drug-likeness (QED) is 0.245. The van der Waals surface area contributed by atoms with Gasteiger partial charge in [0.15, 0.2) is 5.60 Å². The lowest BCUT2D eigenvalue weighted by atomic mass is 9.77. The first-order valence-corrected chi connectivity index (χ1v) is 12.2. The summed E-state index contributed by atoms with van der Waals surface area (Å²) in [5.74, 6) is 2.11. The number of esters is 1. The second kappa shape index (κ2) is 8.99. The number of rotatable bonds is 6. The minimum atomic E-state index is -1.37. The van der Waals surface area contributed by atoms with E-state index in [4.69, 9.17) is 23.7 Å². The Bertz CT molecular complexity index is 1630. The predicted molar refractivity (Wildman–Crippen MR) is 146 cm³/mol. The van der Waals surface area contributed by atoms with Gasteiger partial charge in [0.05, 0.1) is 34.0 Å². The molecule has 0 fully saturated rings. The van der Waals surface area contributed by atoms with E-state index in [9.17, 15) is 4.79 Å². The lowest BCUT2D eigenvalue weighted by Crippen LogP contribution is -2.31. The molecule has 0 aliphatic carbocycles. The van der Waals surface area contributed by atoms with Gasteiger partial charge in [0.2, 0.25) is 0 Å². The van der Waals surface area contributed by atoms with E-state index in [2.05, 4.69) is 0 Å². The van der Waals surface area contributed by atoms with Crippen LogP contribution in [-0.2, 0) is 10.3 Å². The molecule has 38 heavy (non-hydrogen) atoms. The van der Waals surface area contributed by atoms with Gasteiger partial charge in [-0.1, -0.05) is 42.5 Å². The smallest absolute Gasteiger partial charge is 0.340 e. The van der Waals surface area contributed by atoms with E-state index in [0.717, 1.165) is 21.5 Å². The van der Waals surface area contributed by atoms with Crippen LogP contribution >= 0.6 is 0 Å². The average Bonchev–Trinajstić information content (AvgIpc) is 3.27. The minimum Gasteiger partial charge on any atom is -0.496 e. The Morgan fingerprint density at radius 3 is 1.55 bits per heavy atom. The zero-order valence-electron chi connectivity index (χ0n) is 21.5. The third-order valence-electron chi connectivity index (χ3n) is 7.29. The molecule has 5 aromatic carbocycles. The van der Waals surface area contributed by atoms with Gasteiger partial charge in [-0.2, -0.15) is 0 Å². The highest BCUT2D eigenvalue weighted by atomic mass is 16.6. The van der Waals surface area contributed by atoms with Gasteiger partial charge in [0.1, 0.15) is 23.0 Å². The van der Waals surface area contributed by atoms with E-state index in [0.29, 0.717) is 45.3 Å². The van der Waals surface area contributed by atoms with Gasteiger partial charge in [0.25, 0.3) is 0 Å². The molecule has 0 bridgehead atoms. The lowest BCUT2D eigenvalue weighted by Gasteiger charge is -2.33. The fraction of sp³-hybridized carbons (Fsp3) is 0.156. The maximum atomic E-state index is 13.4. The topological polar surface area (TPSA) is 63.2 Å². The first kappa shape index (κ1) is 23.7. The maximum absolute atomic E-state index is 13.4. The molecule has 0 spiro atoms. The zero-order valence-corrected chi connectivity index (χ0v) is 21.5. The first-order valence-electron chi connectivity index (χ1n) is 12.2. The van der Waals surface area contributed by atoms with Gasteiger partial charge >= 0.3 is 5.97 Å². The van der Waals surface area contributed by atoms with Crippen LogP contribution in [0.5, 0.6) is 23.0 Å². The third kappa shape index (κ3) is 3.30. The number of carbonyl (C=O) groups is 1. The fourth-order valence-electron chi connectivity index (χ4n) is 5.56. The number of fused-ring (bicyclic) bond motifs is 3. The van der Waals surface area contributed by atoms with E-state index in [1.54, 1.807) is 34.5 Å². The number of benzene rings is 5. The Hall–Kier alpha value is -4.71. The molecule has 0 amide bonds. The molecule has 1 aliphatic rings. The molecule has 190 valence electrons. The van der Waals surface area contributed by atoms with Crippen molar-refractivity contribution in [3.8, 4) is 23.0 Å². The summed E-state index contributed by atoms with van der Waals surface area (Å²) < 4.78 is 29.7. The highest BCUT2D eigenvalue weighted by Gasteiger charge is 2.52. The van der Waals surface area contributed by atoms with Crippen LogP contribution in [0.3, 0.4) is 0 Å². The Kier molecular flexibility index (Phi) is 5.60. The van der Waals surface area contributed by atoms with Crippen molar-refractivity contribution in [2.45, 2.75) is 5.60 Å². The van der Waals surface area contributed by atoms with Crippen molar-refractivity contribution in [2.24, 2.45) is 0 Å². The first-order chi connectivity index (χ1) is 18.5. The summed E-state index contributed by atoms with van der Waals surface area (Å²) in [6, 6.07) is 26.9. The number of ether oxygens (including phenoxy) is 5. The Balaban J connectivity index is 1.79. The molecule has 6 nitrogen and oxygen atoms in total. The summed E-state index contributed by atoms with van der Waals surface area (Å²) in [5, 5.41) is 3.60. The molecule has 0 radical (unpaired) electrons. The van der Waals surface area contributed by atoms with E-state index in [1.165, 1.54) is 0 Å². The Morgan fingerprint density at radius 1 is 0.553 bits per heavy atom. The number of hydrogen-bond donors (Lipinski definition) is 0. The Labute approximate surface area is 220 Å². The summed E-state index contributed by atoms with van der Waals surface area (Å²) in [7, 11) is 6.50. The van der Waals surface area contributed by atoms with Gasteiger partial charge in [-0.15, -0.1) is 0 Å². The monoisotopic (exact) mass is 506 g/mol. The van der Waals surface area contributed by atoms with Gasteiger partial charge in [-0.05, 0) is 53.2 Å². The summed E-state index contributed by atoms with van der Waals surface area (Å²) in [6.07, 6.45) is 0. The van der Waals surface area contributed by atoms with Crippen molar-refractivity contribution < 1.29 is 28.5 Å². The molecule has 1 aliphatic heterocycles. The van der Waals surface area contributed by atoms with Crippen LogP contribution in [0.1, 0.15) is 27.0 Å². The van der Waals surface area contributed by atoms with Crippen molar-refractivity contribution in [3.05, 3.63) is 107 Å². The molecule has 0 N–H and O–H groups in total. The number of hydrogen-bond acceptors (Lipinski definition) is 6. The SMILES string of the molecule is COc1cc2cccc(OC)c2cc1C1(c2cc3c(OC)cccc3cc2OC)OC(=O)c2ccccc21. The largest absolute Gasteiger partial charge is 0.496 e. The molecule has 6 rings (SSSR count). The van der Waals surface area contributed by atoms with Crippen LogP contribution in [0, 0.1) is 0 Å². The van der Waals surface area contributed by atoms with Crippen LogP contribution in [0.4, 0.5) is 0 Å². The highest BCUT2D eigenvalue weighted by molar-refractivity contribution is 5.99.